The van der Waals surface area contributed by atoms with E-state index in [1.54, 1.807) is 6.07 Å². The van der Waals surface area contributed by atoms with E-state index >= 15 is 0 Å². The average Bonchev–Trinajstić information content (AvgIpc) is 2.40. The molecule has 0 unspecified atom stereocenters. The van der Waals surface area contributed by atoms with Crippen LogP contribution in [0.25, 0.3) is 0 Å². The largest absolute Gasteiger partial charge is 0.377 e. The third-order valence-corrected chi connectivity index (χ3v) is 4.34. The molecular formula is C15H21F3N2. The minimum atomic E-state index is -2.60. The van der Waals surface area contributed by atoms with Gasteiger partial charge in [0.2, 0.25) is 5.92 Å². The van der Waals surface area contributed by atoms with E-state index in [1.807, 2.05) is 19.0 Å². The van der Waals surface area contributed by atoms with E-state index in [0.717, 1.165) is 11.3 Å². The highest BCUT2D eigenvalue weighted by atomic mass is 19.3. The topological polar surface area (TPSA) is 29.3 Å². The maximum Gasteiger partial charge on any atom is 0.248 e. The van der Waals surface area contributed by atoms with Crippen LogP contribution in [-0.2, 0) is 5.41 Å². The van der Waals surface area contributed by atoms with Crippen LogP contribution in [0.2, 0.25) is 0 Å². The van der Waals surface area contributed by atoms with Gasteiger partial charge in [-0.05, 0) is 30.5 Å². The summed E-state index contributed by atoms with van der Waals surface area (Å²) < 4.78 is 40.3. The molecule has 1 saturated carbocycles. The zero-order valence-corrected chi connectivity index (χ0v) is 11.9. The Labute approximate surface area is 117 Å². The number of benzene rings is 1. The molecule has 0 radical (unpaired) electrons. The van der Waals surface area contributed by atoms with Crippen molar-refractivity contribution >= 4 is 5.69 Å². The normalized spacial score (nSPS) is 20.7. The molecule has 0 aliphatic heterocycles. The molecule has 112 valence electrons. The van der Waals surface area contributed by atoms with E-state index in [-0.39, 0.29) is 18.7 Å². The van der Waals surface area contributed by atoms with Gasteiger partial charge in [-0.2, -0.15) is 0 Å². The number of nitrogens with two attached hydrogens (primary N) is 1. The van der Waals surface area contributed by atoms with E-state index in [1.165, 1.54) is 12.1 Å². The molecule has 0 saturated heterocycles. The van der Waals surface area contributed by atoms with Crippen molar-refractivity contribution in [3.63, 3.8) is 0 Å². The summed E-state index contributed by atoms with van der Waals surface area (Å²) in [6, 6.07) is 4.52. The second-order valence-corrected chi connectivity index (χ2v) is 5.90. The molecule has 2 N–H and O–H groups in total. The summed E-state index contributed by atoms with van der Waals surface area (Å²) in [7, 11) is 3.64. The lowest BCUT2D eigenvalue weighted by Crippen LogP contribution is -2.42. The van der Waals surface area contributed by atoms with Gasteiger partial charge < -0.3 is 10.6 Å². The molecule has 0 atom stereocenters. The van der Waals surface area contributed by atoms with E-state index < -0.39 is 11.3 Å². The highest BCUT2D eigenvalue weighted by molar-refractivity contribution is 5.56. The van der Waals surface area contributed by atoms with Gasteiger partial charge in [0.25, 0.3) is 0 Å². The van der Waals surface area contributed by atoms with Gasteiger partial charge in [-0.15, -0.1) is 0 Å². The van der Waals surface area contributed by atoms with Gasteiger partial charge in [0.1, 0.15) is 5.82 Å². The summed E-state index contributed by atoms with van der Waals surface area (Å²) in [5.74, 6) is -2.93. The first-order valence-corrected chi connectivity index (χ1v) is 6.85. The van der Waals surface area contributed by atoms with Crippen molar-refractivity contribution in [3.05, 3.63) is 29.6 Å². The van der Waals surface area contributed by atoms with Crippen molar-refractivity contribution in [2.45, 2.75) is 37.0 Å². The quantitative estimate of drug-likeness (QED) is 0.924. The van der Waals surface area contributed by atoms with Gasteiger partial charge in [-0.1, -0.05) is 6.07 Å². The summed E-state index contributed by atoms with van der Waals surface area (Å²) in [5.41, 5.74) is 7.03. The molecule has 0 bridgehead atoms. The first-order chi connectivity index (χ1) is 9.30. The minimum absolute atomic E-state index is 0.158. The lowest BCUT2D eigenvalue weighted by molar-refractivity contribution is -0.0508. The number of rotatable bonds is 3. The number of anilines is 1. The Morgan fingerprint density at radius 2 is 1.75 bits per heavy atom. The van der Waals surface area contributed by atoms with E-state index in [0.29, 0.717) is 19.4 Å². The second kappa shape index (κ2) is 5.28. The monoisotopic (exact) mass is 286 g/mol. The van der Waals surface area contributed by atoms with Crippen LogP contribution in [0, 0.1) is 5.82 Å². The fourth-order valence-electron chi connectivity index (χ4n) is 3.00. The molecule has 1 aliphatic carbocycles. The van der Waals surface area contributed by atoms with Crippen molar-refractivity contribution in [3.8, 4) is 0 Å². The zero-order chi connectivity index (χ0) is 15.0. The number of nitrogens with zero attached hydrogens (tertiary/aromatic N) is 1. The van der Waals surface area contributed by atoms with Crippen LogP contribution in [0.4, 0.5) is 18.9 Å². The predicted molar refractivity (Wildman–Crippen MR) is 74.9 cm³/mol. The Morgan fingerprint density at radius 1 is 1.15 bits per heavy atom. The number of hydrogen-bond acceptors (Lipinski definition) is 2. The van der Waals surface area contributed by atoms with Crippen LogP contribution in [0.5, 0.6) is 0 Å². The third-order valence-electron chi connectivity index (χ3n) is 4.34. The van der Waals surface area contributed by atoms with Gasteiger partial charge >= 0.3 is 0 Å². The summed E-state index contributed by atoms with van der Waals surface area (Å²) in [6.45, 7) is 0.301. The predicted octanol–water partition coefficient (Wildman–Crippen LogP) is 3.30. The first kappa shape index (κ1) is 15.2. The Kier molecular flexibility index (Phi) is 4.00. The standard InChI is InChI=1S/C15H21F3N2/c1-20(2)13-9-11(16)3-4-12(13)14(10-19)5-7-15(17,18)8-6-14/h3-4,9H,5-8,10,19H2,1-2H3. The highest BCUT2D eigenvalue weighted by Crippen LogP contribution is 2.47. The van der Waals surface area contributed by atoms with Crippen LogP contribution in [0.3, 0.4) is 0 Å². The number of alkyl halides is 2. The SMILES string of the molecule is CN(C)c1cc(F)ccc1C1(CN)CCC(F)(F)CC1. The van der Waals surface area contributed by atoms with Crippen LogP contribution >= 0.6 is 0 Å². The Hall–Kier alpha value is -1.23. The van der Waals surface area contributed by atoms with E-state index in [4.69, 9.17) is 5.73 Å². The van der Waals surface area contributed by atoms with Crippen LogP contribution in [0.1, 0.15) is 31.2 Å². The van der Waals surface area contributed by atoms with Crippen molar-refractivity contribution in [2.75, 3.05) is 25.5 Å². The van der Waals surface area contributed by atoms with Crippen molar-refractivity contribution in [1.82, 2.24) is 0 Å². The molecule has 1 aromatic rings. The molecule has 0 heterocycles. The molecular weight excluding hydrogens is 265 g/mol. The molecule has 0 spiro atoms. The summed E-state index contributed by atoms with van der Waals surface area (Å²) >= 11 is 0. The van der Waals surface area contributed by atoms with Crippen molar-refractivity contribution in [1.29, 1.82) is 0 Å². The van der Waals surface area contributed by atoms with Gasteiger partial charge in [-0.3, -0.25) is 0 Å². The Balaban J connectivity index is 2.42. The van der Waals surface area contributed by atoms with Crippen LogP contribution in [0.15, 0.2) is 18.2 Å². The molecule has 2 rings (SSSR count). The van der Waals surface area contributed by atoms with Crippen molar-refractivity contribution < 1.29 is 13.2 Å². The zero-order valence-electron chi connectivity index (χ0n) is 11.9. The third kappa shape index (κ3) is 2.77. The maximum atomic E-state index is 13.4. The first-order valence-electron chi connectivity index (χ1n) is 6.85. The minimum Gasteiger partial charge on any atom is -0.377 e. The number of hydrogen-bond donors (Lipinski definition) is 1. The Morgan fingerprint density at radius 3 is 2.25 bits per heavy atom. The molecule has 5 heteroatoms. The van der Waals surface area contributed by atoms with Gasteiger partial charge in [-0.25, -0.2) is 13.2 Å². The summed E-state index contributed by atoms with van der Waals surface area (Å²) in [5, 5.41) is 0. The molecule has 2 nitrogen and oxygen atoms in total. The summed E-state index contributed by atoms with van der Waals surface area (Å²) in [4.78, 5) is 1.81. The van der Waals surface area contributed by atoms with Crippen LogP contribution in [-0.4, -0.2) is 26.6 Å². The van der Waals surface area contributed by atoms with Gasteiger partial charge in [0.05, 0.1) is 0 Å². The Bertz CT molecular complexity index is 476. The maximum absolute atomic E-state index is 13.4. The second-order valence-electron chi connectivity index (χ2n) is 5.90. The molecule has 0 amide bonds. The average molecular weight is 286 g/mol. The molecule has 1 aliphatic rings. The molecule has 1 fully saturated rings. The lowest BCUT2D eigenvalue weighted by atomic mass is 9.68. The summed E-state index contributed by atoms with van der Waals surface area (Å²) in [6.07, 6.45) is 0.356. The van der Waals surface area contributed by atoms with Crippen molar-refractivity contribution in [2.24, 2.45) is 5.73 Å². The molecule has 1 aromatic carbocycles. The number of halogens is 3. The van der Waals surface area contributed by atoms with Crippen LogP contribution < -0.4 is 10.6 Å². The fraction of sp³-hybridized carbons (Fsp3) is 0.600. The molecule has 20 heavy (non-hydrogen) atoms. The lowest BCUT2D eigenvalue weighted by Gasteiger charge is -2.41. The van der Waals surface area contributed by atoms with E-state index in [9.17, 15) is 13.2 Å². The fourth-order valence-corrected chi connectivity index (χ4v) is 3.00. The highest BCUT2D eigenvalue weighted by Gasteiger charge is 2.44. The van der Waals surface area contributed by atoms with E-state index in [2.05, 4.69) is 0 Å². The van der Waals surface area contributed by atoms with Gasteiger partial charge in [0, 0.05) is 44.6 Å². The molecule has 0 aromatic heterocycles. The van der Waals surface area contributed by atoms with Gasteiger partial charge in [0.15, 0.2) is 0 Å². The smallest absolute Gasteiger partial charge is 0.248 e.